The molecular formula is C23H26OPY-. The molecule has 0 saturated carbocycles. The Morgan fingerprint density at radius 2 is 1.04 bits per heavy atom. The summed E-state index contributed by atoms with van der Waals surface area (Å²) in [6, 6.07) is 29.9. The molecule has 0 N–H and O–H groups in total. The molecule has 3 aromatic rings. The second-order valence-electron chi connectivity index (χ2n) is 6.09. The predicted octanol–water partition coefficient (Wildman–Crippen LogP) is 5.67. The topological polar surface area (TPSA) is 17.1 Å². The van der Waals surface area contributed by atoms with Crippen molar-refractivity contribution >= 4 is 17.8 Å². The molecule has 0 atom stereocenters. The molecule has 3 heteroatoms. The third-order valence-electron chi connectivity index (χ3n) is 4.14. The van der Waals surface area contributed by atoms with Crippen molar-refractivity contribution in [1.29, 1.82) is 0 Å². The number of benzene rings is 3. The Morgan fingerprint density at radius 3 is 1.31 bits per heavy atom. The first-order chi connectivity index (χ1) is 12.1. The van der Waals surface area contributed by atoms with Crippen LogP contribution >= 0.6 is 7.14 Å². The number of hydrogen-bond acceptors (Lipinski definition) is 1. The van der Waals surface area contributed by atoms with Crippen LogP contribution in [0.15, 0.2) is 91.0 Å². The summed E-state index contributed by atoms with van der Waals surface area (Å²) in [5.41, 5.74) is 1.33. The van der Waals surface area contributed by atoms with Crippen molar-refractivity contribution in [1.82, 2.24) is 0 Å². The quantitative estimate of drug-likeness (QED) is 0.379. The zero-order chi connectivity index (χ0) is 18.1. The van der Waals surface area contributed by atoms with E-state index in [-0.39, 0.29) is 32.7 Å². The van der Waals surface area contributed by atoms with Gasteiger partial charge in [0.05, 0.1) is 0 Å². The fourth-order valence-corrected chi connectivity index (χ4v) is 4.96. The molecule has 1 radical (unpaired) electrons. The van der Waals surface area contributed by atoms with Gasteiger partial charge in [0, 0.05) is 49.5 Å². The summed E-state index contributed by atoms with van der Waals surface area (Å²) >= 11 is 0. The van der Waals surface area contributed by atoms with Gasteiger partial charge in [-0.1, -0.05) is 87.5 Å². The summed E-state index contributed by atoms with van der Waals surface area (Å²) in [4.78, 5) is 0. The summed E-state index contributed by atoms with van der Waals surface area (Å²) < 4.78 is 13.0. The predicted molar refractivity (Wildman–Crippen MR) is 110 cm³/mol. The van der Waals surface area contributed by atoms with E-state index in [0.717, 1.165) is 10.6 Å². The maximum Gasteiger partial charge on any atom is 0.142 e. The molecule has 0 heterocycles. The smallest absolute Gasteiger partial charge is 0.142 e. The van der Waals surface area contributed by atoms with Crippen molar-refractivity contribution < 1.29 is 37.3 Å². The minimum absolute atomic E-state index is 0. The van der Waals surface area contributed by atoms with Crippen molar-refractivity contribution in [2.45, 2.75) is 20.8 Å². The standard InChI is InChI=1S/C14H15OP.C9H11.Y/c1-2-16(15,13-9-5-3-6-10-13)14-11-7-4-8-12-14;1-8(2)9-6-4-3-5-7-9;/h3-12H,2H2,1H3;3-7H,1-2H3;/q;-1;. The van der Waals surface area contributed by atoms with Crippen LogP contribution < -0.4 is 10.6 Å². The molecule has 0 aliphatic heterocycles. The van der Waals surface area contributed by atoms with Crippen LogP contribution in [0, 0.1) is 5.92 Å². The molecule has 1 nitrogen and oxygen atoms in total. The van der Waals surface area contributed by atoms with Gasteiger partial charge in [0.1, 0.15) is 7.14 Å². The second kappa shape index (κ2) is 11.6. The van der Waals surface area contributed by atoms with Crippen LogP contribution in [-0.4, -0.2) is 6.16 Å². The van der Waals surface area contributed by atoms with Crippen LogP contribution in [0.1, 0.15) is 26.3 Å². The van der Waals surface area contributed by atoms with Crippen LogP contribution in [0.25, 0.3) is 0 Å². The van der Waals surface area contributed by atoms with Gasteiger partial charge in [0.2, 0.25) is 0 Å². The summed E-state index contributed by atoms with van der Waals surface area (Å²) in [6.07, 6.45) is 0.668. The monoisotopic (exact) mass is 438 g/mol. The van der Waals surface area contributed by atoms with Crippen LogP contribution in [0.5, 0.6) is 0 Å². The molecule has 0 bridgehead atoms. The largest absolute Gasteiger partial charge is 0.314 e. The molecule has 0 spiro atoms. The average Bonchev–Trinajstić information content (AvgIpc) is 2.70. The van der Waals surface area contributed by atoms with Crippen molar-refractivity contribution in [3.63, 3.8) is 0 Å². The molecule has 0 aliphatic rings. The van der Waals surface area contributed by atoms with Gasteiger partial charge in [0.15, 0.2) is 0 Å². The van der Waals surface area contributed by atoms with Crippen LogP contribution in [-0.2, 0) is 37.3 Å². The molecular weight excluding hydrogens is 412 g/mol. The first kappa shape index (κ1) is 22.9. The number of hydrogen-bond donors (Lipinski definition) is 0. The van der Waals surface area contributed by atoms with Gasteiger partial charge < -0.3 is 4.57 Å². The Labute approximate surface area is 183 Å². The third-order valence-corrected chi connectivity index (χ3v) is 7.30. The molecule has 3 rings (SSSR count). The van der Waals surface area contributed by atoms with E-state index in [1.165, 1.54) is 11.5 Å². The second-order valence-corrected chi connectivity index (χ2v) is 9.24. The minimum Gasteiger partial charge on any atom is -0.314 e. The molecule has 0 aromatic heterocycles. The fraction of sp³-hybridized carbons (Fsp3) is 0.174. The number of rotatable bonds is 4. The zero-order valence-electron chi connectivity index (χ0n) is 15.8. The molecule has 26 heavy (non-hydrogen) atoms. The Hall–Kier alpha value is -1.14. The van der Waals surface area contributed by atoms with E-state index in [0.29, 0.717) is 6.16 Å². The molecule has 0 saturated heterocycles. The van der Waals surface area contributed by atoms with Gasteiger partial charge in [-0.2, -0.15) is 23.6 Å². The van der Waals surface area contributed by atoms with E-state index in [4.69, 9.17) is 0 Å². The Bertz CT molecular complexity index is 743. The van der Waals surface area contributed by atoms with Crippen molar-refractivity contribution in [2.24, 2.45) is 0 Å². The van der Waals surface area contributed by atoms with Crippen molar-refractivity contribution in [3.8, 4) is 0 Å². The summed E-state index contributed by atoms with van der Waals surface area (Å²) in [5.74, 6) is 1.37. The molecule has 3 aromatic carbocycles. The zero-order valence-corrected chi connectivity index (χ0v) is 19.5. The van der Waals surface area contributed by atoms with Crippen molar-refractivity contribution in [3.05, 3.63) is 102 Å². The van der Waals surface area contributed by atoms with E-state index in [1.54, 1.807) is 0 Å². The van der Waals surface area contributed by atoms with E-state index in [9.17, 15) is 4.57 Å². The van der Waals surface area contributed by atoms with Crippen LogP contribution in [0.2, 0.25) is 0 Å². The molecule has 0 fully saturated rings. The first-order valence-corrected chi connectivity index (χ1v) is 10.5. The van der Waals surface area contributed by atoms with E-state index < -0.39 is 7.14 Å². The van der Waals surface area contributed by atoms with Gasteiger partial charge in [-0.3, -0.25) is 0 Å². The van der Waals surface area contributed by atoms with Crippen LogP contribution in [0.4, 0.5) is 0 Å². The van der Waals surface area contributed by atoms with E-state index in [2.05, 4.69) is 38.1 Å². The summed E-state index contributed by atoms with van der Waals surface area (Å²) in [7, 11) is -2.40. The normalized spacial score (nSPS) is 10.1. The van der Waals surface area contributed by atoms with Crippen LogP contribution in [0.3, 0.4) is 0 Å². The molecule has 0 aliphatic carbocycles. The Morgan fingerprint density at radius 1 is 0.692 bits per heavy atom. The van der Waals surface area contributed by atoms with Gasteiger partial charge in [-0.15, -0.1) is 12.1 Å². The minimum atomic E-state index is -2.40. The SMILES string of the molecule is CCP(=O)(c1ccccc1)c1ccccc1.C[C-](C)c1ccccc1.[Y]. The first-order valence-electron chi connectivity index (χ1n) is 8.64. The molecule has 0 amide bonds. The van der Waals surface area contributed by atoms with E-state index >= 15 is 0 Å². The van der Waals surface area contributed by atoms with Gasteiger partial charge >= 0.3 is 0 Å². The van der Waals surface area contributed by atoms with E-state index in [1.807, 2.05) is 73.7 Å². The van der Waals surface area contributed by atoms with Gasteiger partial charge in [-0.25, -0.2) is 0 Å². The van der Waals surface area contributed by atoms with Gasteiger partial charge in [0.25, 0.3) is 0 Å². The Kier molecular flexibility index (Phi) is 10.2. The fourth-order valence-electron chi connectivity index (χ4n) is 2.62. The van der Waals surface area contributed by atoms with Gasteiger partial charge in [-0.05, 0) is 0 Å². The Balaban J connectivity index is 0.000000290. The maximum absolute atomic E-state index is 13.0. The molecule has 133 valence electrons. The maximum atomic E-state index is 13.0. The molecule has 0 unspecified atom stereocenters. The third kappa shape index (κ3) is 6.24. The summed E-state index contributed by atoms with van der Waals surface area (Å²) in [5, 5.41) is 1.90. The summed E-state index contributed by atoms with van der Waals surface area (Å²) in [6.45, 7) is 6.23. The van der Waals surface area contributed by atoms with Crippen molar-refractivity contribution in [2.75, 3.05) is 6.16 Å². The average molecular weight is 438 g/mol.